The van der Waals surface area contributed by atoms with Gasteiger partial charge in [-0.2, -0.15) is 0 Å². The van der Waals surface area contributed by atoms with Crippen LogP contribution in [0.15, 0.2) is 12.7 Å². The van der Waals surface area contributed by atoms with E-state index in [1.165, 1.54) is 13.8 Å². The van der Waals surface area contributed by atoms with E-state index >= 15 is 0 Å². The summed E-state index contributed by atoms with van der Waals surface area (Å²) < 4.78 is 47.1. The quantitative estimate of drug-likeness (QED) is 0.0455. The molecule has 4 heterocycles. The average Bonchev–Trinajstić information content (AvgIpc) is 3.16. The second-order valence-corrected chi connectivity index (χ2v) is 14.2. The molecule has 21 nitrogen and oxygen atoms in total. The molecule has 4 aliphatic rings. The number of carbonyl (C=O) groups excluding carboxylic acids is 1. The van der Waals surface area contributed by atoms with Crippen LogP contribution in [-0.2, 0) is 42.7 Å². The van der Waals surface area contributed by atoms with Gasteiger partial charge in [0.15, 0.2) is 25.2 Å². The summed E-state index contributed by atoms with van der Waals surface area (Å²) in [6, 6.07) is -1.29. The predicted octanol–water partition coefficient (Wildman–Crippen LogP) is -5.42. The van der Waals surface area contributed by atoms with Crippen LogP contribution in [-0.4, -0.2) is 211 Å². The smallest absolute Gasteiger partial charge is 0.217 e. The van der Waals surface area contributed by atoms with Gasteiger partial charge in [0.25, 0.3) is 0 Å². The summed E-state index contributed by atoms with van der Waals surface area (Å²) in [5, 5.41) is 119. The third kappa shape index (κ3) is 11.1. The molecule has 12 N–H and O–H groups in total. The molecule has 0 aromatic rings. The van der Waals surface area contributed by atoms with Crippen LogP contribution in [0.2, 0.25) is 0 Å². The van der Waals surface area contributed by atoms with Crippen molar-refractivity contribution in [3.8, 4) is 0 Å². The molecule has 4 aliphatic heterocycles. The number of amides is 1. The fourth-order valence-corrected chi connectivity index (χ4v) is 6.93. The highest BCUT2D eigenvalue weighted by molar-refractivity contribution is 5.73. The van der Waals surface area contributed by atoms with Crippen LogP contribution in [0.25, 0.3) is 0 Å². The van der Waals surface area contributed by atoms with Gasteiger partial charge in [-0.25, -0.2) is 0 Å². The molecule has 0 bridgehead atoms. The molecule has 0 aromatic heterocycles. The average molecular weight is 802 g/mol. The molecule has 55 heavy (non-hydrogen) atoms. The predicted molar refractivity (Wildman–Crippen MR) is 181 cm³/mol. The second-order valence-electron chi connectivity index (χ2n) is 14.2. The Balaban J connectivity index is 1.69. The van der Waals surface area contributed by atoms with Gasteiger partial charge in [0.2, 0.25) is 5.91 Å². The molecule has 1 amide bonds. The van der Waals surface area contributed by atoms with E-state index in [0.29, 0.717) is 6.42 Å². The number of ether oxygens (including phenoxy) is 8. The van der Waals surface area contributed by atoms with E-state index in [0.717, 1.165) is 25.7 Å². The van der Waals surface area contributed by atoms with E-state index in [4.69, 9.17) is 37.9 Å². The number of rotatable bonds is 18. The largest absolute Gasteiger partial charge is 0.394 e. The number of hydrogen-bond acceptors (Lipinski definition) is 20. The topological polar surface area (TPSA) is 325 Å². The molecule has 0 radical (unpaired) electrons. The lowest BCUT2D eigenvalue weighted by Crippen LogP contribution is -2.70. The van der Waals surface area contributed by atoms with Crippen molar-refractivity contribution in [1.29, 1.82) is 0 Å². The van der Waals surface area contributed by atoms with E-state index in [1.807, 2.05) is 6.08 Å². The SMILES string of the molecule is C=CCCCCCCO[C@H]1O[C@H](CO)[C@H](O)[C@H](O[C@@H]2O[C@H](CO)[C@H](O)[C@H](O[C@H]3O[C@H](CO)[C@H](O)[C@H](O)[C@H]3O)[C@H]2O[C@@H]2O[C@@H](C)[C@@H](O)[C@@H](O)[C@@H]2O)[C@H]1NC(C)=O. The Morgan fingerprint density at radius 3 is 1.69 bits per heavy atom. The Morgan fingerprint density at radius 2 is 1.09 bits per heavy atom. The van der Waals surface area contributed by atoms with Crippen molar-refractivity contribution in [2.45, 2.75) is 169 Å². The monoisotopic (exact) mass is 801 g/mol. The molecule has 320 valence electrons. The molecule has 21 heteroatoms. The lowest BCUT2D eigenvalue weighted by molar-refractivity contribution is -0.401. The Labute approximate surface area is 317 Å². The zero-order valence-corrected chi connectivity index (χ0v) is 30.8. The molecular formula is C34H59NO20. The van der Waals surface area contributed by atoms with E-state index < -0.39 is 148 Å². The highest BCUT2D eigenvalue weighted by Gasteiger charge is 2.56. The van der Waals surface area contributed by atoms with Gasteiger partial charge in [-0.05, 0) is 26.2 Å². The third-order valence-corrected chi connectivity index (χ3v) is 10.1. The van der Waals surface area contributed by atoms with Gasteiger partial charge in [-0.1, -0.05) is 18.9 Å². The minimum Gasteiger partial charge on any atom is -0.394 e. The van der Waals surface area contributed by atoms with Crippen LogP contribution in [0.1, 0.15) is 46.0 Å². The molecular weight excluding hydrogens is 742 g/mol. The first kappa shape index (κ1) is 46.1. The van der Waals surface area contributed by atoms with Crippen molar-refractivity contribution in [1.82, 2.24) is 5.32 Å². The normalized spacial score (nSPS) is 45.3. The molecule has 4 fully saturated rings. The van der Waals surface area contributed by atoms with Crippen molar-refractivity contribution < 1.29 is 98.9 Å². The third-order valence-electron chi connectivity index (χ3n) is 10.1. The van der Waals surface area contributed by atoms with Gasteiger partial charge in [-0.3, -0.25) is 4.79 Å². The van der Waals surface area contributed by atoms with Crippen molar-refractivity contribution in [3.63, 3.8) is 0 Å². The Hall–Kier alpha value is -1.55. The molecule has 0 aliphatic carbocycles. The fourth-order valence-electron chi connectivity index (χ4n) is 6.93. The first-order valence-corrected chi connectivity index (χ1v) is 18.5. The number of allylic oxidation sites excluding steroid dienone is 1. The van der Waals surface area contributed by atoms with Gasteiger partial charge in [0.1, 0.15) is 91.5 Å². The number of hydrogen-bond donors (Lipinski definition) is 12. The van der Waals surface area contributed by atoms with Gasteiger partial charge < -0.3 is 99.4 Å². The maximum Gasteiger partial charge on any atom is 0.217 e. The van der Waals surface area contributed by atoms with Crippen LogP contribution in [0.3, 0.4) is 0 Å². The Morgan fingerprint density at radius 1 is 0.600 bits per heavy atom. The first-order valence-electron chi connectivity index (χ1n) is 18.5. The van der Waals surface area contributed by atoms with E-state index in [1.54, 1.807) is 0 Å². The van der Waals surface area contributed by atoms with Gasteiger partial charge in [0.05, 0.1) is 25.9 Å². The number of unbranched alkanes of at least 4 members (excludes halogenated alkanes) is 4. The van der Waals surface area contributed by atoms with E-state index in [-0.39, 0.29) is 6.61 Å². The van der Waals surface area contributed by atoms with Crippen molar-refractivity contribution >= 4 is 5.91 Å². The van der Waals surface area contributed by atoms with Crippen molar-refractivity contribution in [2.75, 3.05) is 26.4 Å². The summed E-state index contributed by atoms with van der Waals surface area (Å²) in [7, 11) is 0. The zero-order chi connectivity index (χ0) is 40.6. The molecule has 0 saturated carbocycles. The molecule has 4 rings (SSSR count). The maximum atomic E-state index is 12.5. The summed E-state index contributed by atoms with van der Waals surface area (Å²) in [5.74, 6) is -0.597. The molecule has 20 atom stereocenters. The van der Waals surface area contributed by atoms with Gasteiger partial charge in [-0.15, -0.1) is 6.58 Å². The first-order chi connectivity index (χ1) is 26.2. The summed E-state index contributed by atoms with van der Waals surface area (Å²) in [6.07, 6.45) is -26.2. The molecule has 0 aromatic carbocycles. The summed E-state index contributed by atoms with van der Waals surface area (Å²) >= 11 is 0. The number of carbonyl (C=O) groups is 1. The van der Waals surface area contributed by atoms with Crippen LogP contribution < -0.4 is 5.32 Å². The standard InChI is InChI=1S/C34H59NO20/c1-4-5-6-7-8-9-10-48-31-19(35-15(3)39)28(22(42)17(12-37)50-31)53-34-30(55-32-26(46)24(44)20(40)14(2)49-32)29(23(43)18(13-38)52-34)54-33-27(47)25(45)21(41)16(11-36)51-33/h4,14,16-34,36-38,40-47H,1,5-13H2,2-3H3,(H,35,39)/t14-,16+,17+,18+,19+,20+,21-,22-,23-,24+,25-,26-,27+,28+,29-,30+,31-,32-,33+,34-/m0/s1. The highest BCUT2D eigenvalue weighted by Crippen LogP contribution is 2.36. The van der Waals surface area contributed by atoms with Crippen molar-refractivity contribution in [3.05, 3.63) is 12.7 Å². The number of aliphatic hydroxyl groups excluding tert-OH is 11. The van der Waals surface area contributed by atoms with E-state index in [2.05, 4.69) is 11.9 Å². The summed E-state index contributed by atoms with van der Waals surface area (Å²) in [6.45, 7) is 3.95. The molecule has 4 saturated heterocycles. The summed E-state index contributed by atoms with van der Waals surface area (Å²) in [5.41, 5.74) is 0. The van der Waals surface area contributed by atoms with E-state index in [9.17, 15) is 61.0 Å². The fraction of sp³-hybridized carbons (Fsp3) is 0.912. The lowest BCUT2D eigenvalue weighted by atomic mass is 9.94. The Bertz CT molecular complexity index is 1170. The van der Waals surface area contributed by atoms with Crippen LogP contribution >= 0.6 is 0 Å². The number of aliphatic hydroxyl groups is 11. The number of nitrogens with one attached hydrogen (secondary N) is 1. The zero-order valence-electron chi connectivity index (χ0n) is 30.8. The van der Waals surface area contributed by atoms with Gasteiger partial charge in [0, 0.05) is 13.5 Å². The molecule has 0 spiro atoms. The van der Waals surface area contributed by atoms with Crippen molar-refractivity contribution in [2.24, 2.45) is 0 Å². The summed E-state index contributed by atoms with van der Waals surface area (Å²) in [4.78, 5) is 12.5. The minimum atomic E-state index is -1.99. The van der Waals surface area contributed by atoms with Crippen LogP contribution in [0.4, 0.5) is 0 Å². The highest BCUT2D eigenvalue weighted by atomic mass is 16.8. The molecule has 0 unspecified atom stereocenters. The lowest BCUT2D eigenvalue weighted by Gasteiger charge is -2.51. The van der Waals surface area contributed by atoms with Gasteiger partial charge >= 0.3 is 0 Å². The second kappa shape index (κ2) is 21.5. The van der Waals surface area contributed by atoms with Crippen LogP contribution in [0, 0.1) is 0 Å². The van der Waals surface area contributed by atoms with Crippen LogP contribution in [0.5, 0.6) is 0 Å². The Kier molecular flexibility index (Phi) is 18.0. The maximum absolute atomic E-state index is 12.5. The minimum absolute atomic E-state index is 0.151.